The normalized spacial score (nSPS) is 12.8. The Kier molecular flexibility index (Phi) is 5.04. The van der Waals surface area contributed by atoms with Crippen molar-refractivity contribution in [1.29, 1.82) is 0 Å². The monoisotopic (exact) mass is 393 g/mol. The van der Waals surface area contributed by atoms with Gasteiger partial charge in [-0.2, -0.15) is 0 Å². The van der Waals surface area contributed by atoms with Gasteiger partial charge in [0.15, 0.2) is 11.5 Å². The van der Waals surface area contributed by atoms with E-state index in [0.717, 1.165) is 11.3 Å². The van der Waals surface area contributed by atoms with Gasteiger partial charge in [-0.05, 0) is 58.7 Å². The lowest BCUT2D eigenvalue weighted by Crippen LogP contribution is -2.30. The molecule has 0 bridgehead atoms. The predicted molar refractivity (Wildman–Crippen MR) is 91.9 cm³/mol. The average molecular weight is 394 g/mol. The Hall–Kier alpha value is -2.08. The summed E-state index contributed by atoms with van der Waals surface area (Å²) in [6.45, 7) is 3.96. The molecule has 0 N–H and O–H groups in total. The summed E-state index contributed by atoms with van der Waals surface area (Å²) in [7, 11) is 0. The van der Waals surface area contributed by atoms with E-state index in [1.165, 1.54) is 18.2 Å². The number of nitrogens with zero attached hydrogens (tertiary/aromatic N) is 1. The summed E-state index contributed by atoms with van der Waals surface area (Å²) in [6, 6.07) is 9.75. The van der Waals surface area contributed by atoms with Gasteiger partial charge in [0.2, 0.25) is 0 Å². The van der Waals surface area contributed by atoms with Crippen LogP contribution < -0.4 is 9.47 Å². The first kappa shape index (κ1) is 16.8. The van der Waals surface area contributed by atoms with Crippen LogP contribution in [0.5, 0.6) is 11.5 Å². The van der Waals surface area contributed by atoms with Crippen molar-refractivity contribution in [3.05, 3.63) is 57.8 Å². The van der Waals surface area contributed by atoms with E-state index in [2.05, 4.69) is 15.9 Å². The lowest BCUT2D eigenvalue weighted by molar-refractivity contribution is 0.0751. The Balaban J connectivity index is 1.80. The van der Waals surface area contributed by atoms with Crippen molar-refractivity contribution in [2.45, 2.75) is 13.5 Å². The fraction of sp³-hybridized carbons (Fsp3) is 0.278. The maximum Gasteiger partial charge on any atom is 0.255 e. The van der Waals surface area contributed by atoms with Crippen molar-refractivity contribution in [3.63, 3.8) is 0 Å². The van der Waals surface area contributed by atoms with Crippen molar-refractivity contribution in [3.8, 4) is 11.5 Å². The molecule has 4 nitrogen and oxygen atoms in total. The number of carbonyl (C=O) groups excluding carboxylic acids is 1. The molecule has 1 aliphatic heterocycles. The van der Waals surface area contributed by atoms with Gasteiger partial charge in [0.25, 0.3) is 5.91 Å². The second-order valence-corrected chi connectivity index (χ2v) is 6.28. The molecule has 0 fully saturated rings. The molecule has 0 unspecified atom stereocenters. The maximum atomic E-state index is 13.2. The van der Waals surface area contributed by atoms with Crippen molar-refractivity contribution in [1.82, 2.24) is 4.90 Å². The van der Waals surface area contributed by atoms with Gasteiger partial charge >= 0.3 is 0 Å². The number of benzene rings is 2. The molecule has 6 heteroatoms. The average Bonchev–Trinajstić information content (AvgIpc) is 2.59. The zero-order chi connectivity index (χ0) is 17.1. The van der Waals surface area contributed by atoms with E-state index in [9.17, 15) is 9.18 Å². The number of carbonyl (C=O) groups is 1. The molecule has 0 radical (unpaired) electrons. The van der Waals surface area contributed by atoms with E-state index < -0.39 is 0 Å². The smallest absolute Gasteiger partial charge is 0.255 e. The minimum absolute atomic E-state index is 0.153. The third kappa shape index (κ3) is 3.53. The first-order valence-electron chi connectivity index (χ1n) is 7.71. The fourth-order valence-corrected chi connectivity index (χ4v) is 3.09. The van der Waals surface area contributed by atoms with Crippen LogP contribution in [0.3, 0.4) is 0 Å². The summed E-state index contributed by atoms with van der Waals surface area (Å²) < 4.78 is 24.8. The van der Waals surface area contributed by atoms with Gasteiger partial charge in [-0.15, -0.1) is 0 Å². The molecular formula is C18H17BrFNO3. The largest absolute Gasteiger partial charge is 0.486 e. The van der Waals surface area contributed by atoms with E-state index >= 15 is 0 Å². The van der Waals surface area contributed by atoms with Gasteiger partial charge in [0.05, 0.1) is 5.56 Å². The molecule has 126 valence electrons. The molecule has 0 aliphatic carbocycles. The lowest BCUT2D eigenvalue weighted by atomic mass is 10.1. The summed E-state index contributed by atoms with van der Waals surface area (Å²) in [6.07, 6.45) is 0. The van der Waals surface area contributed by atoms with Gasteiger partial charge < -0.3 is 14.4 Å². The number of rotatable bonds is 4. The fourth-order valence-electron chi connectivity index (χ4n) is 2.57. The standard InChI is InChI=1S/C18H17BrFNO3/c1-2-21(18(22)14-5-4-13(20)10-15(14)19)11-12-3-6-16-17(9-12)24-8-7-23-16/h3-6,9-10H,2,7-8,11H2,1H3. The first-order chi connectivity index (χ1) is 11.6. The van der Waals surface area contributed by atoms with Crippen LogP contribution in [-0.2, 0) is 6.54 Å². The third-order valence-corrected chi connectivity index (χ3v) is 4.47. The molecule has 1 heterocycles. The minimum atomic E-state index is -0.381. The summed E-state index contributed by atoms with van der Waals surface area (Å²) in [4.78, 5) is 14.4. The highest BCUT2D eigenvalue weighted by atomic mass is 79.9. The van der Waals surface area contributed by atoms with Crippen molar-refractivity contribution >= 4 is 21.8 Å². The number of fused-ring (bicyclic) bond motifs is 1. The van der Waals surface area contributed by atoms with Crippen molar-refractivity contribution < 1.29 is 18.7 Å². The number of ether oxygens (including phenoxy) is 2. The minimum Gasteiger partial charge on any atom is -0.486 e. The van der Waals surface area contributed by atoms with E-state index in [1.807, 2.05) is 25.1 Å². The number of halogens is 2. The summed E-state index contributed by atoms with van der Waals surface area (Å²) >= 11 is 3.26. The van der Waals surface area contributed by atoms with Gasteiger partial charge in [-0.25, -0.2) is 4.39 Å². The zero-order valence-corrected chi connectivity index (χ0v) is 14.8. The molecule has 0 spiro atoms. The van der Waals surface area contributed by atoms with Gasteiger partial charge in [-0.1, -0.05) is 6.07 Å². The van der Waals surface area contributed by atoms with Crippen LogP contribution in [0.2, 0.25) is 0 Å². The molecular weight excluding hydrogens is 377 g/mol. The van der Waals surface area contributed by atoms with Gasteiger partial charge in [0.1, 0.15) is 19.0 Å². The summed E-state index contributed by atoms with van der Waals surface area (Å²) in [5, 5.41) is 0. The Morgan fingerprint density at radius 1 is 1.17 bits per heavy atom. The van der Waals surface area contributed by atoms with Crippen LogP contribution in [0.4, 0.5) is 4.39 Å². The molecule has 1 aliphatic rings. The van der Waals surface area contributed by atoms with E-state index in [1.54, 1.807) is 4.90 Å². The molecule has 2 aromatic rings. The summed E-state index contributed by atoms with van der Waals surface area (Å²) in [5.74, 6) is 0.887. The predicted octanol–water partition coefficient (Wildman–Crippen LogP) is 4.02. The molecule has 3 rings (SSSR count). The highest BCUT2D eigenvalue weighted by molar-refractivity contribution is 9.10. The third-order valence-electron chi connectivity index (χ3n) is 3.81. The topological polar surface area (TPSA) is 38.8 Å². The molecule has 0 aromatic heterocycles. The van der Waals surface area contributed by atoms with Crippen molar-refractivity contribution in [2.75, 3.05) is 19.8 Å². The highest BCUT2D eigenvalue weighted by Crippen LogP contribution is 2.31. The molecule has 24 heavy (non-hydrogen) atoms. The van der Waals surface area contributed by atoms with Crippen LogP contribution >= 0.6 is 15.9 Å². The molecule has 1 amide bonds. The number of amides is 1. The SMILES string of the molecule is CCN(Cc1ccc2c(c1)OCCO2)C(=O)c1ccc(F)cc1Br. The zero-order valence-electron chi connectivity index (χ0n) is 13.2. The highest BCUT2D eigenvalue weighted by Gasteiger charge is 2.19. The van der Waals surface area contributed by atoms with Crippen LogP contribution in [0.15, 0.2) is 40.9 Å². The maximum absolute atomic E-state index is 13.2. The molecule has 0 saturated heterocycles. The van der Waals surface area contributed by atoms with E-state index in [-0.39, 0.29) is 11.7 Å². The molecule has 0 saturated carbocycles. The summed E-state index contributed by atoms with van der Waals surface area (Å²) in [5.41, 5.74) is 1.39. The van der Waals surface area contributed by atoms with Crippen LogP contribution in [0.25, 0.3) is 0 Å². The van der Waals surface area contributed by atoms with Gasteiger partial charge in [-0.3, -0.25) is 4.79 Å². The number of hydrogen-bond acceptors (Lipinski definition) is 3. The van der Waals surface area contributed by atoms with E-state index in [0.29, 0.717) is 42.1 Å². The van der Waals surface area contributed by atoms with Crippen LogP contribution in [0, 0.1) is 5.82 Å². The lowest BCUT2D eigenvalue weighted by Gasteiger charge is -2.23. The van der Waals surface area contributed by atoms with E-state index in [4.69, 9.17) is 9.47 Å². The first-order valence-corrected chi connectivity index (χ1v) is 8.50. The number of hydrogen-bond donors (Lipinski definition) is 0. The Labute approximate surface area is 148 Å². The quantitative estimate of drug-likeness (QED) is 0.787. The van der Waals surface area contributed by atoms with Crippen molar-refractivity contribution in [2.24, 2.45) is 0 Å². The Morgan fingerprint density at radius 2 is 1.92 bits per heavy atom. The second kappa shape index (κ2) is 7.21. The Bertz CT molecular complexity index is 766. The van der Waals surface area contributed by atoms with Gasteiger partial charge in [0, 0.05) is 17.6 Å². The van der Waals surface area contributed by atoms with Crippen LogP contribution in [-0.4, -0.2) is 30.6 Å². The molecule has 0 atom stereocenters. The Morgan fingerprint density at radius 3 is 2.62 bits per heavy atom. The van der Waals surface area contributed by atoms with Crippen LogP contribution in [0.1, 0.15) is 22.8 Å². The second-order valence-electron chi connectivity index (χ2n) is 5.42. The molecule has 2 aromatic carbocycles.